The summed E-state index contributed by atoms with van der Waals surface area (Å²) in [5.41, 5.74) is 1.61. The number of carbonyl (C=O) groups excluding carboxylic acids is 1. The summed E-state index contributed by atoms with van der Waals surface area (Å²) in [5, 5.41) is 6.20. The Morgan fingerprint density at radius 2 is 1.85 bits per heavy atom. The number of carbonyl (C=O) groups is 1. The molecule has 0 unspecified atom stereocenters. The Balaban J connectivity index is 0.00000387. The van der Waals surface area contributed by atoms with E-state index in [4.69, 9.17) is 0 Å². The van der Waals surface area contributed by atoms with Crippen LogP contribution in [0.25, 0.3) is 0 Å². The lowest BCUT2D eigenvalue weighted by atomic mass is 10.1. The van der Waals surface area contributed by atoms with Crippen LogP contribution in [0, 0.1) is 5.82 Å². The van der Waals surface area contributed by atoms with Gasteiger partial charge in [-0.15, -0.1) is 12.4 Å². The maximum absolute atomic E-state index is 13.8. The van der Waals surface area contributed by atoms with Crippen molar-refractivity contribution in [2.75, 3.05) is 32.9 Å². The van der Waals surface area contributed by atoms with Gasteiger partial charge in [0.15, 0.2) is 0 Å². The Bertz CT molecular complexity index is 1480. The van der Waals surface area contributed by atoms with Crippen LogP contribution in [0.2, 0.25) is 0 Å². The number of alkyl halides is 1. The number of piperidine rings is 1. The van der Waals surface area contributed by atoms with E-state index in [9.17, 15) is 22.0 Å². The number of urea groups is 1. The van der Waals surface area contributed by atoms with Gasteiger partial charge in [0, 0.05) is 43.4 Å². The largest absolute Gasteiger partial charge is 0.350 e. The van der Waals surface area contributed by atoms with E-state index in [2.05, 4.69) is 30.3 Å². The molecule has 2 atom stereocenters. The van der Waals surface area contributed by atoms with Crippen molar-refractivity contribution >= 4 is 51.7 Å². The summed E-state index contributed by atoms with van der Waals surface area (Å²) in [6.07, 6.45) is 2.46. The van der Waals surface area contributed by atoms with E-state index in [0.717, 1.165) is 0 Å². The molecule has 1 saturated heterocycles. The van der Waals surface area contributed by atoms with Crippen LogP contribution >= 0.6 is 12.4 Å². The highest BCUT2D eigenvalue weighted by atomic mass is 35.5. The summed E-state index contributed by atoms with van der Waals surface area (Å²) in [4.78, 5) is 29.8. The molecular formula is C26H31ClF2N8O3S. The number of nitrogens with one attached hydrogen (secondary N) is 3. The minimum atomic E-state index is -3.80. The van der Waals surface area contributed by atoms with E-state index in [1.807, 2.05) is 13.8 Å². The van der Waals surface area contributed by atoms with Crippen molar-refractivity contribution in [1.29, 1.82) is 0 Å². The van der Waals surface area contributed by atoms with Crippen LogP contribution < -0.4 is 25.2 Å². The van der Waals surface area contributed by atoms with E-state index in [1.165, 1.54) is 41.4 Å². The van der Waals surface area contributed by atoms with Crippen molar-refractivity contribution in [3.8, 4) is 0 Å². The summed E-state index contributed by atoms with van der Waals surface area (Å²) < 4.78 is 54.4. The van der Waals surface area contributed by atoms with Crippen molar-refractivity contribution in [2.24, 2.45) is 0 Å². The number of hydrogen-bond acceptors (Lipinski definition) is 8. The van der Waals surface area contributed by atoms with E-state index >= 15 is 0 Å². The molecule has 0 aliphatic carbocycles. The van der Waals surface area contributed by atoms with Gasteiger partial charge >= 0.3 is 6.03 Å². The fourth-order valence-corrected chi connectivity index (χ4v) is 5.84. The SMILES string of the molecule is CC(C)N1C(=O)N(c2ccc(NS(=O)(=O)Cc3ccc(F)cc3)nc2)Cc2cnc(N[C@@H]3CNC[C@@H](F)C3)nc21.Cl. The molecular weight excluding hydrogens is 578 g/mol. The quantitative estimate of drug-likeness (QED) is 0.351. The lowest BCUT2D eigenvalue weighted by Gasteiger charge is -2.38. The molecule has 2 aromatic heterocycles. The monoisotopic (exact) mass is 608 g/mol. The molecule has 4 heterocycles. The Labute approximate surface area is 243 Å². The first-order valence-electron chi connectivity index (χ1n) is 12.9. The number of amides is 2. The number of nitrogens with zero attached hydrogens (tertiary/aromatic N) is 5. The van der Waals surface area contributed by atoms with Crippen molar-refractivity contribution in [1.82, 2.24) is 20.3 Å². The summed E-state index contributed by atoms with van der Waals surface area (Å²) >= 11 is 0. The van der Waals surface area contributed by atoms with Crippen molar-refractivity contribution in [3.05, 3.63) is 65.7 Å². The molecule has 220 valence electrons. The van der Waals surface area contributed by atoms with Crippen molar-refractivity contribution in [2.45, 2.75) is 50.8 Å². The van der Waals surface area contributed by atoms with Gasteiger partial charge in [0.25, 0.3) is 0 Å². The molecule has 2 aliphatic rings. The summed E-state index contributed by atoms with van der Waals surface area (Å²) in [6.45, 7) is 4.85. The van der Waals surface area contributed by atoms with Gasteiger partial charge < -0.3 is 10.6 Å². The fourth-order valence-electron chi connectivity index (χ4n) is 4.70. The zero-order valence-corrected chi connectivity index (χ0v) is 24.1. The number of pyridine rings is 1. The number of anilines is 4. The summed E-state index contributed by atoms with van der Waals surface area (Å²) in [5.74, 6) is 0.0968. The molecule has 41 heavy (non-hydrogen) atoms. The average Bonchev–Trinajstić information content (AvgIpc) is 2.90. The van der Waals surface area contributed by atoms with Gasteiger partial charge in [0.1, 0.15) is 23.6 Å². The highest BCUT2D eigenvalue weighted by molar-refractivity contribution is 7.91. The zero-order valence-electron chi connectivity index (χ0n) is 22.4. The van der Waals surface area contributed by atoms with Gasteiger partial charge in [-0.2, -0.15) is 4.98 Å². The molecule has 3 aromatic rings. The van der Waals surface area contributed by atoms with E-state index < -0.39 is 22.0 Å². The second-order valence-corrected chi connectivity index (χ2v) is 11.8. The first-order chi connectivity index (χ1) is 19.1. The smallest absolute Gasteiger partial charge is 0.330 e. The Morgan fingerprint density at radius 1 is 1.10 bits per heavy atom. The Morgan fingerprint density at radius 3 is 2.51 bits per heavy atom. The zero-order chi connectivity index (χ0) is 28.4. The van der Waals surface area contributed by atoms with Crippen LogP contribution in [0.15, 0.2) is 48.8 Å². The number of rotatable bonds is 8. The molecule has 3 N–H and O–H groups in total. The van der Waals surface area contributed by atoms with Crippen LogP contribution in [0.5, 0.6) is 0 Å². The predicted octanol–water partition coefficient (Wildman–Crippen LogP) is 3.84. The van der Waals surface area contributed by atoms with Crippen LogP contribution in [-0.2, 0) is 22.3 Å². The van der Waals surface area contributed by atoms with E-state index in [1.54, 1.807) is 17.2 Å². The lowest BCUT2D eigenvalue weighted by molar-refractivity contribution is 0.248. The van der Waals surface area contributed by atoms with E-state index in [-0.39, 0.29) is 48.6 Å². The predicted molar refractivity (Wildman–Crippen MR) is 155 cm³/mol. The molecule has 0 saturated carbocycles. The topological polar surface area (TPSA) is 132 Å². The van der Waals surface area contributed by atoms with Crippen LogP contribution in [0.3, 0.4) is 0 Å². The standard InChI is InChI=1S/C26H30F2N8O3S.ClH/c1-16(2)36-24-18(10-31-25(33-24)32-21-9-20(28)11-29-12-21)14-35(26(36)37)22-7-8-23(30-13-22)34-40(38,39)15-17-3-5-19(27)6-4-17;/h3-8,10,13,16,20-21,29H,9,11-12,14-15H2,1-2H3,(H,30,34)(H,31,32,33);1H/t20-,21-;/m0./s1. The first-order valence-corrected chi connectivity index (χ1v) is 14.5. The molecule has 0 spiro atoms. The van der Waals surface area contributed by atoms with E-state index in [0.29, 0.717) is 48.1 Å². The molecule has 1 aromatic carbocycles. The number of sulfonamides is 1. The van der Waals surface area contributed by atoms with Gasteiger partial charge in [-0.05, 0) is 43.7 Å². The van der Waals surface area contributed by atoms with Crippen molar-refractivity contribution in [3.63, 3.8) is 0 Å². The van der Waals surface area contributed by atoms with Gasteiger partial charge in [0.05, 0.1) is 24.2 Å². The molecule has 11 nitrogen and oxygen atoms in total. The average molecular weight is 609 g/mol. The van der Waals surface area contributed by atoms with Gasteiger partial charge in [0.2, 0.25) is 16.0 Å². The molecule has 2 aliphatic heterocycles. The fraction of sp³-hybridized carbons (Fsp3) is 0.385. The van der Waals surface area contributed by atoms with Gasteiger partial charge in [-0.3, -0.25) is 14.5 Å². The first kappa shape index (κ1) is 30.3. The third kappa shape index (κ3) is 7.18. The third-order valence-corrected chi connectivity index (χ3v) is 7.80. The Hall–Kier alpha value is -3.62. The lowest BCUT2D eigenvalue weighted by Crippen LogP contribution is -2.51. The molecule has 5 rings (SSSR count). The number of hydrogen-bond donors (Lipinski definition) is 3. The molecule has 15 heteroatoms. The van der Waals surface area contributed by atoms with Crippen molar-refractivity contribution < 1.29 is 22.0 Å². The molecule has 0 radical (unpaired) electrons. The normalized spacial score (nSPS) is 19.0. The van der Waals surface area contributed by atoms with Crippen LogP contribution in [0.4, 0.5) is 36.8 Å². The molecule has 0 bridgehead atoms. The van der Waals surface area contributed by atoms with Gasteiger partial charge in [-0.25, -0.2) is 32.0 Å². The van der Waals surface area contributed by atoms with Gasteiger partial charge in [-0.1, -0.05) is 12.1 Å². The minimum absolute atomic E-state index is 0. The molecule has 1 fully saturated rings. The highest BCUT2D eigenvalue weighted by Crippen LogP contribution is 2.32. The maximum Gasteiger partial charge on any atom is 0.330 e. The minimum Gasteiger partial charge on any atom is -0.350 e. The highest BCUT2D eigenvalue weighted by Gasteiger charge is 2.35. The molecule has 2 amide bonds. The van der Waals surface area contributed by atoms with Crippen LogP contribution in [-0.4, -0.2) is 60.7 Å². The summed E-state index contributed by atoms with van der Waals surface area (Å²) in [6, 6.07) is 7.57. The number of aromatic nitrogens is 3. The Kier molecular flexibility index (Phi) is 9.24. The summed E-state index contributed by atoms with van der Waals surface area (Å²) in [7, 11) is -3.80. The maximum atomic E-state index is 13.8. The third-order valence-electron chi connectivity index (χ3n) is 6.57. The number of benzene rings is 1. The second kappa shape index (κ2) is 12.5. The number of fused-ring (bicyclic) bond motifs is 1. The number of halogens is 3. The second-order valence-electron chi connectivity index (χ2n) is 10.1. The van der Waals surface area contributed by atoms with Crippen LogP contribution in [0.1, 0.15) is 31.4 Å².